The highest BCUT2D eigenvalue weighted by atomic mass is 16.2. The molecule has 0 aromatic carbocycles. The number of piperazine rings is 1. The standard InChI is InChI=1S/C17H32N2O2/c1-8-9-12-14(20)18-13(17(5,6)7)15(21)19(12)11-10-16(2,3)4/h12-13H,8-11H2,1-7H3,(H,18,20). The molecule has 1 fully saturated rings. The lowest BCUT2D eigenvalue weighted by molar-refractivity contribution is -0.153. The van der Waals surface area contributed by atoms with E-state index in [1.165, 1.54) is 0 Å². The van der Waals surface area contributed by atoms with Crippen LogP contribution >= 0.6 is 0 Å². The summed E-state index contributed by atoms with van der Waals surface area (Å²) in [5.41, 5.74) is -0.105. The van der Waals surface area contributed by atoms with Gasteiger partial charge in [0.15, 0.2) is 0 Å². The molecule has 1 aliphatic heterocycles. The lowest BCUT2D eigenvalue weighted by atomic mass is 9.83. The van der Waals surface area contributed by atoms with Crippen LogP contribution in [-0.2, 0) is 9.59 Å². The molecular formula is C17H32N2O2. The number of carbonyl (C=O) groups is 2. The van der Waals surface area contributed by atoms with Crippen LogP contribution in [0.3, 0.4) is 0 Å². The molecule has 1 N–H and O–H groups in total. The van der Waals surface area contributed by atoms with Gasteiger partial charge in [0.2, 0.25) is 11.8 Å². The molecule has 1 saturated heterocycles. The number of nitrogens with zero attached hydrogens (tertiary/aromatic N) is 1. The average molecular weight is 296 g/mol. The van der Waals surface area contributed by atoms with E-state index in [0.29, 0.717) is 6.54 Å². The Morgan fingerprint density at radius 1 is 1.10 bits per heavy atom. The highest BCUT2D eigenvalue weighted by Crippen LogP contribution is 2.28. The SMILES string of the molecule is CCCC1C(=O)NC(C(C)(C)C)C(=O)N1CCC(C)(C)C. The van der Waals surface area contributed by atoms with Gasteiger partial charge < -0.3 is 10.2 Å². The largest absolute Gasteiger partial charge is 0.342 e. The quantitative estimate of drug-likeness (QED) is 0.867. The number of rotatable bonds is 4. The van der Waals surface area contributed by atoms with Crippen LogP contribution < -0.4 is 5.32 Å². The molecule has 1 rings (SSSR count). The first-order valence-corrected chi connectivity index (χ1v) is 8.08. The van der Waals surface area contributed by atoms with E-state index in [0.717, 1.165) is 19.3 Å². The minimum absolute atomic E-state index is 0.00489. The van der Waals surface area contributed by atoms with Crippen molar-refractivity contribution in [1.82, 2.24) is 10.2 Å². The van der Waals surface area contributed by atoms with E-state index in [9.17, 15) is 9.59 Å². The van der Waals surface area contributed by atoms with Crippen molar-refractivity contribution in [1.29, 1.82) is 0 Å². The first kappa shape index (κ1) is 18.0. The molecule has 4 heteroatoms. The van der Waals surface area contributed by atoms with E-state index in [1.807, 2.05) is 25.7 Å². The third-order valence-electron chi connectivity index (χ3n) is 4.03. The third-order valence-corrected chi connectivity index (χ3v) is 4.03. The summed E-state index contributed by atoms with van der Waals surface area (Å²) in [5, 5.41) is 2.94. The lowest BCUT2D eigenvalue weighted by Crippen LogP contribution is -2.66. The molecule has 2 unspecified atom stereocenters. The Hall–Kier alpha value is -1.06. The van der Waals surface area contributed by atoms with Crippen LogP contribution in [-0.4, -0.2) is 35.3 Å². The molecule has 2 amide bonds. The molecular weight excluding hydrogens is 264 g/mol. The van der Waals surface area contributed by atoms with Crippen molar-refractivity contribution in [2.24, 2.45) is 10.8 Å². The molecule has 122 valence electrons. The van der Waals surface area contributed by atoms with Gasteiger partial charge in [-0.25, -0.2) is 0 Å². The van der Waals surface area contributed by atoms with Crippen LogP contribution in [0, 0.1) is 10.8 Å². The van der Waals surface area contributed by atoms with Gasteiger partial charge in [0, 0.05) is 6.54 Å². The Balaban J connectivity index is 2.98. The topological polar surface area (TPSA) is 49.4 Å². The third kappa shape index (κ3) is 4.72. The Bertz CT molecular complexity index is 391. The molecule has 0 spiro atoms. The Morgan fingerprint density at radius 2 is 1.67 bits per heavy atom. The van der Waals surface area contributed by atoms with E-state index in [4.69, 9.17) is 0 Å². The molecule has 0 aromatic rings. The van der Waals surface area contributed by atoms with Crippen molar-refractivity contribution >= 4 is 11.8 Å². The van der Waals surface area contributed by atoms with Gasteiger partial charge in [-0.05, 0) is 23.7 Å². The minimum Gasteiger partial charge on any atom is -0.342 e. The Kier molecular flexibility index (Phi) is 5.46. The van der Waals surface area contributed by atoms with Crippen molar-refractivity contribution in [2.45, 2.75) is 79.8 Å². The monoisotopic (exact) mass is 296 g/mol. The average Bonchev–Trinajstić information content (AvgIpc) is 2.30. The zero-order valence-corrected chi connectivity index (χ0v) is 14.7. The van der Waals surface area contributed by atoms with Crippen molar-refractivity contribution in [3.8, 4) is 0 Å². The number of amides is 2. The second-order valence-corrected chi connectivity index (χ2v) is 8.45. The summed E-state index contributed by atoms with van der Waals surface area (Å²) in [4.78, 5) is 27.1. The summed E-state index contributed by atoms with van der Waals surface area (Å²) < 4.78 is 0. The van der Waals surface area contributed by atoms with E-state index >= 15 is 0 Å². The first-order chi connectivity index (χ1) is 9.47. The maximum Gasteiger partial charge on any atom is 0.246 e. The summed E-state index contributed by atoms with van der Waals surface area (Å²) in [6.07, 6.45) is 2.54. The number of carbonyl (C=O) groups excluding carboxylic acids is 2. The number of hydrogen-bond acceptors (Lipinski definition) is 2. The van der Waals surface area contributed by atoms with Crippen molar-refractivity contribution < 1.29 is 9.59 Å². The molecule has 0 bridgehead atoms. The summed E-state index contributed by atoms with van der Waals surface area (Å²) in [6, 6.07) is -0.721. The van der Waals surface area contributed by atoms with Crippen LogP contribution in [0.5, 0.6) is 0 Å². The predicted octanol–water partition coefficient (Wildman–Crippen LogP) is 2.96. The second kappa shape index (κ2) is 6.37. The Morgan fingerprint density at radius 3 is 2.10 bits per heavy atom. The highest BCUT2D eigenvalue weighted by molar-refractivity contribution is 5.97. The van der Waals surface area contributed by atoms with E-state index in [2.05, 4.69) is 33.0 Å². The summed E-state index contributed by atoms with van der Waals surface area (Å²) >= 11 is 0. The number of nitrogens with one attached hydrogen (secondary N) is 1. The number of hydrogen-bond donors (Lipinski definition) is 1. The summed E-state index contributed by atoms with van der Waals surface area (Å²) in [5.74, 6) is 0.0788. The predicted molar refractivity (Wildman–Crippen MR) is 85.9 cm³/mol. The van der Waals surface area contributed by atoms with Gasteiger partial charge in [-0.2, -0.15) is 0 Å². The van der Waals surface area contributed by atoms with Crippen LogP contribution in [0.4, 0.5) is 0 Å². The van der Waals surface area contributed by atoms with E-state index < -0.39 is 6.04 Å². The van der Waals surface area contributed by atoms with Crippen LogP contribution in [0.2, 0.25) is 0 Å². The second-order valence-electron chi connectivity index (χ2n) is 8.45. The minimum atomic E-state index is -0.418. The van der Waals surface area contributed by atoms with E-state index in [-0.39, 0.29) is 28.7 Å². The first-order valence-electron chi connectivity index (χ1n) is 8.08. The fraction of sp³-hybridized carbons (Fsp3) is 0.882. The summed E-state index contributed by atoms with van der Waals surface area (Å²) in [6.45, 7) is 15.2. The van der Waals surface area contributed by atoms with Crippen LogP contribution in [0.1, 0.15) is 67.7 Å². The maximum absolute atomic E-state index is 12.8. The van der Waals surface area contributed by atoms with Gasteiger partial charge in [0.1, 0.15) is 12.1 Å². The molecule has 1 heterocycles. The fourth-order valence-corrected chi connectivity index (χ4v) is 2.63. The van der Waals surface area contributed by atoms with Crippen molar-refractivity contribution in [2.75, 3.05) is 6.54 Å². The van der Waals surface area contributed by atoms with Crippen molar-refractivity contribution in [3.05, 3.63) is 0 Å². The van der Waals surface area contributed by atoms with Crippen LogP contribution in [0.15, 0.2) is 0 Å². The molecule has 0 aromatic heterocycles. The maximum atomic E-state index is 12.8. The smallest absolute Gasteiger partial charge is 0.246 e. The highest BCUT2D eigenvalue weighted by Gasteiger charge is 2.44. The zero-order valence-electron chi connectivity index (χ0n) is 14.7. The van der Waals surface area contributed by atoms with Crippen molar-refractivity contribution in [3.63, 3.8) is 0 Å². The Labute approximate surface area is 129 Å². The van der Waals surface area contributed by atoms with Gasteiger partial charge in [0.25, 0.3) is 0 Å². The zero-order chi connectivity index (χ0) is 16.4. The fourth-order valence-electron chi connectivity index (χ4n) is 2.63. The van der Waals surface area contributed by atoms with Gasteiger partial charge in [-0.15, -0.1) is 0 Å². The molecule has 0 aliphatic carbocycles. The van der Waals surface area contributed by atoms with Gasteiger partial charge in [-0.3, -0.25) is 9.59 Å². The van der Waals surface area contributed by atoms with Crippen LogP contribution in [0.25, 0.3) is 0 Å². The molecule has 1 aliphatic rings. The summed E-state index contributed by atoms with van der Waals surface area (Å²) in [7, 11) is 0. The molecule has 21 heavy (non-hydrogen) atoms. The van der Waals surface area contributed by atoms with Gasteiger partial charge in [0.05, 0.1) is 0 Å². The van der Waals surface area contributed by atoms with Gasteiger partial charge >= 0.3 is 0 Å². The lowest BCUT2D eigenvalue weighted by Gasteiger charge is -2.44. The molecule has 2 atom stereocenters. The molecule has 0 saturated carbocycles. The molecule has 4 nitrogen and oxygen atoms in total. The van der Waals surface area contributed by atoms with E-state index in [1.54, 1.807) is 0 Å². The normalized spacial score (nSPS) is 24.2. The van der Waals surface area contributed by atoms with Gasteiger partial charge in [-0.1, -0.05) is 54.9 Å². The molecule has 0 radical (unpaired) electrons.